The van der Waals surface area contributed by atoms with Gasteiger partial charge in [0.1, 0.15) is 0 Å². The van der Waals surface area contributed by atoms with E-state index in [1.54, 1.807) is 12.1 Å². The second-order valence-corrected chi connectivity index (χ2v) is 5.27. The minimum Gasteiger partial charge on any atom is -0.451 e. The molecule has 0 unspecified atom stereocenters. The van der Waals surface area contributed by atoms with Gasteiger partial charge in [-0.3, -0.25) is 4.79 Å². The van der Waals surface area contributed by atoms with Crippen LogP contribution < -0.4 is 5.73 Å². The van der Waals surface area contributed by atoms with Crippen molar-refractivity contribution in [3.8, 4) is 0 Å². The summed E-state index contributed by atoms with van der Waals surface area (Å²) in [7, 11) is 0. The number of carbonyl (C=O) groups is 1. The highest BCUT2D eigenvalue weighted by atomic mass is 35.5. The van der Waals surface area contributed by atoms with E-state index in [0.29, 0.717) is 36.7 Å². The standard InChI is InChI=1S/C14H14ClNO3/c15-10-3-1-2-9-8-11(19-12(9)10)13(17)14(16)4-6-18-7-5-14/h1-3,8H,4-7,16H2. The number of fused-ring (bicyclic) bond motifs is 1. The summed E-state index contributed by atoms with van der Waals surface area (Å²) in [6.07, 6.45) is 1.02. The maximum Gasteiger partial charge on any atom is 0.217 e. The van der Waals surface area contributed by atoms with Crippen molar-refractivity contribution in [3.63, 3.8) is 0 Å². The largest absolute Gasteiger partial charge is 0.451 e. The van der Waals surface area contributed by atoms with E-state index >= 15 is 0 Å². The molecule has 0 bridgehead atoms. The van der Waals surface area contributed by atoms with Gasteiger partial charge >= 0.3 is 0 Å². The van der Waals surface area contributed by atoms with Crippen molar-refractivity contribution in [2.75, 3.05) is 13.2 Å². The van der Waals surface area contributed by atoms with Gasteiger partial charge in [-0.2, -0.15) is 0 Å². The zero-order chi connectivity index (χ0) is 13.5. The number of benzene rings is 1. The van der Waals surface area contributed by atoms with Crippen LogP contribution in [0.2, 0.25) is 5.02 Å². The van der Waals surface area contributed by atoms with Gasteiger partial charge in [0.2, 0.25) is 5.78 Å². The van der Waals surface area contributed by atoms with E-state index in [1.807, 2.05) is 12.1 Å². The molecule has 1 fully saturated rings. The van der Waals surface area contributed by atoms with Crippen LogP contribution in [-0.4, -0.2) is 24.5 Å². The summed E-state index contributed by atoms with van der Waals surface area (Å²) < 4.78 is 10.8. The van der Waals surface area contributed by atoms with Crippen molar-refractivity contribution in [2.24, 2.45) is 5.73 Å². The molecule has 0 atom stereocenters. The van der Waals surface area contributed by atoms with Crippen molar-refractivity contribution in [1.29, 1.82) is 0 Å². The Kier molecular flexibility index (Phi) is 3.09. The number of rotatable bonds is 2. The second-order valence-electron chi connectivity index (χ2n) is 4.87. The Morgan fingerprint density at radius 1 is 1.32 bits per heavy atom. The number of nitrogens with two attached hydrogens (primary N) is 1. The van der Waals surface area contributed by atoms with Crippen molar-refractivity contribution in [1.82, 2.24) is 0 Å². The molecule has 2 N–H and O–H groups in total. The van der Waals surface area contributed by atoms with E-state index in [9.17, 15) is 4.79 Å². The van der Waals surface area contributed by atoms with Gasteiger partial charge in [0.15, 0.2) is 11.3 Å². The molecule has 1 aromatic heterocycles. The molecule has 0 radical (unpaired) electrons. The van der Waals surface area contributed by atoms with Gasteiger partial charge in [0, 0.05) is 18.6 Å². The van der Waals surface area contributed by atoms with Crippen molar-refractivity contribution in [2.45, 2.75) is 18.4 Å². The predicted octanol–water partition coefficient (Wildman–Crippen LogP) is 2.78. The van der Waals surface area contributed by atoms with Crippen LogP contribution in [0.25, 0.3) is 11.0 Å². The molecule has 2 heterocycles. The van der Waals surface area contributed by atoms with Gasteiger partial charge in [-0.1, -0.05) is 23.7 Å². The van der Waals surface area contributed by atoms with E-state index in [-0.39, 0.29) is 11.5 Å². The van der Waals surface area contributed by atoms with Crippen LogP contribution >= 0.6 is 11.6 Å². The SMILES string of the molecule is NC1(C(=O)c2cc3cccc(Cl)c3o2)CCOCC1. The maximum atomic E-state index is 12.5. The topological polar surface area (TPSA) is 65.5 Å². The minimum absolute atomic E-state index is 0.178. The molecule has 1 saturated heterocycles. The first-order valence-electron chi connectivity index (χ1n) is 6.20. The first-order valence-corrected chi connectivity index (χ1v) is 6.57. The summed E-state index contributed by atoms with van der Waals surface area (Å²) in [4.78, 5) is 12.5. The number of halogens is 1. The molecule has 3 rings (SSSR count). The molecule has 19 heavy (non-hydrogen) atoms. The lowest BCUT2D eigenvalue weighted by Crippen LogP contribution is -2.51. The smallest absolute Gasteiger partial charge is 0.217 e. The lowest BCUT2D eigenvalue weighted by atomic mass is 9.85. The van der Waals surface area contributed by atoms with Crippen LogP contribution in [0.3, 0.4) is 0 Å². The summed E-state index contributed by atoms with van der Waals surface area (Å²) >= 11 is 6.04. The fourth-order valence-electron chi connectivity index (χ4n) is 2.35. The number of ketones is 1. The van der Waals surface area contributed by atoms with Crippen LogP contribution in [-0.2, 0) is 4.74 Å². The molecular weight excluding hydrogens is 266 g/mol. The fraction of sp³-hybridized carbons (Fsp3) is 0.357. The van der Waals surface area contributed by atoms with Gasteiger partial charge < -0.3 is 14.9 Å². The van der Waals surface area contributed by atoms with Crippen LogP contribution in [0.5, 0.6) is 0 Å². The van der Waals surface area contributed by atoms with Crippen LogP contribution in [0.15, 0.2) is 28.7 Å². The van der Waals surface area contributed by atoms with Gasteiger partial charge in [0.05, 0.1) is 10.6 Å². The Bertz CT molecular complexity index is 629. The Balaban J connectivity index is 1.99. The predicted molar refractivity (Wildman–Crippen MR) is 72.5 cm³/mol. The van der Waals surface area contributed by atoms with E-state index in [1.165, 1.54) is 0 Å². The quantitative estimate of drug-likeness (QED) is 0.859. The second kappa shape index (κ2) is 4.63. The average Bonchev–Trinajstić information content (AvgIpc) is 2.84. The number of hydrogen-bond donors (Lipinski definition) is 1. The first kappa shape index (κ1) is 12.7. The zero-order valence-corrected chi connectivity index (χ0v) is 11.1. The molecular formula is C14H14ClNO3. The lowest BCUT2D eigenvalue weighted by Gasteiger charge is -2.30. The number of Topliss-reactive ketones (excluding diaryl/α,β-unsaturated/α-hetero) is 1. The number of para-hydroxylation sites is 1. The average molecular weight is 280 g/mol. The highest BCUT2D eigenvalue weighted by Gasteiger charge is 2.38. The van der Waals surface area contributed by atoms with E-state index in [2.05, 4.69) is 0 Å². The Labute approximate surface area is 115 Å². The summed E-state index contributed by atoms with van der Waals surface area (Å²) in [5.41, 5.74) is 5.81. The number of hydrogen-bond acceptors (Lipinski definition) is 4. The molecule has 1 aromatic carbocycles. The monoisotopic (exact) mass is 279 g/mol. The van der Waals surface area contributed by atoms with Gasteiger partial charge in [-0.15, -0.1) is 0 Å². The van der Waals surface area contributed by atoms with E-state index in [0.717, 1.165) is 5.39 Å². The van der Waals surface area contributed by atoms with E-state index < -0.39 is 5.54 Å². The highest BCUT2D eigenvalue weighted by molar-refractivity contribution is 6.34. The Morgan fingerprint density at radius 2 is 2.05 bits per heavy atom. The van der Waals surface area contributed by atoms with Crippen LogP contribution in [0.1, 0.15) is 23.4 Å². The molecule has 4 nitrogen and oxygen atoms in total. The lowest BCUT2D eigenvalue weighted by molar-refractivity contribution is 0.0432. The zero-order valence-electron chi connectivity index (χ0n) is 10.3. The summed E-state index contributed by atoms with van der Waals surface area (Å²) in [5.74, 6) is 0.0931. The third kappa shape index (κ3) is 2.16. The molecule has 0 aliphatic carbocycles. The number of carbonyl (C=O) groups excluding carboxylic acids is 1. The van der Waals surface area contributed by atoms with Crippen LogP contribution in [0, 0.1) is 0 Å². The maximum absolute atomic E-state index is 12.5. The Hall–Kier alpha value is -1.36. The highest BCUT2D eigenvalue weighted by Crippen LogP contribution is 2.30. The molecule has 1 aliphatic rings. The van der Waals surface area contributed by atoms with Crippen molar-refractivity contribution in [3.05, 3.63) is 35.0 Å². The summed E-state index contributed by atoms with van der Waals surface area (Å²) in [6, 6.07) is 7.11. The summed E-state index contributed by atoms with van der Waals surface area (Å²) in [6.45, 7) is 1.01. The van der Waals surface area contributed by atoms with Gasteiger partial charge in [0.25, 0.3) is 0 Å². The van der Waals surface area contributed by atoms with Gasteiger partial charge in [-0.05, 0) is 25.0 Å². The van der Waals surface area contributed by atoms with Crippen molar-refractivity contribution >= 4 is 28.4 Å². The molecule has 5 heteroatoms. The third-order valence-corrected chi connectivity index (χ3v) is 3.85. The molecule has 0 amide bonds. The number of furan rings is 1. The van der Waals surface area contributed by atoms with Crippen molar-refractivity contribution < 1.29 is 13.9 Å². The fourth-order valence-corrected chi connectivity index (χ4v) is 2.57. The minimum atomic E-state index is -0.890. The van der Waals surface area contributed by atoms with Gasteiger partial charge in [-0.25, -0.2) is 0 Å². The third-order valence-electron chi connectivity index (χ3n) is 3.56. The summed E-state index contributed by atoms with van der Waals surface area (Å²) in [5, 5.41) is 1.31. The molecule has 2 aromatic rings. The first-order chi connectivity index (χ1) is 9.10. The van der Waals surface area contributed by atoms with Crippen LogP contribution in [0.4, 0.5) is 0 Å². The van der Waals surface area contributed by atoms with E-state index in [4.69, 9.17) is 26.5 Å². The molecule has 0 spiro atoms. The number of ether oxygens (including phenoxy) is 1. The normalized spacial score (nSPS) is 18.6. The molecule has 1 aliphatic heterocycles. The molecule has 0 saturated carbocycles. The molecule has 100 valence electrons. The Morgan fingerprint density at radius 3 is 2.74 bits per heavy atom.